The molecule has 4 heteroatoms. The zero-order valence-electron chi connectivity index (χ0n) is 10.4. The summed E-state index contributed by atoms with van der Waals surface area (Å²) in [4.78, 5) is 8.06. The molecule has 0 amide bonds. The number of nitrogens with one attached hydrogen (secondary N) is 1. The van der Waals surface area contributed by atoms with Crippen molar-refractivity contribution < 1.29 is 0 Å². The molecule has 1 N–H and O–H groups in total. The van der Waals surface area contributed by atoms with E-state index < -0.39 is 0 Å². The fraction of sp³-hybridized carbons (Fsp3) is 0.286. The summed E-state index contributed by atoms with van der Waals surface area (Å²) in [5.74, 6) is 0. The summed E-state index contributed by atoms with van der Waals surface area (Å²) in [5, 5.41) is 4.15. The average molecular weight is 262 g/mol. The standard InChI is InChI=1S/C14H16ClN3/c1-2-5-16-7-12-6-11(3-4-14(12)15)13-8-17-10-18-9-13/h3-4,6,8-10,16H,2,5,7H2,1H3. The molecule has 0 aliphatic carbocycles. The zero-order chi connectivity index (χ0) is 12.8. The lowest BCUT2D eigenvalue weighted by atomic mass is 10.1. The summed E-state index contributed by atoms with van der Waals surface area (Å²) < 4.78 is 0. The van der Waals surface area contributed by atoms with Gasteiger partial charge in [-0.1, -0.05) is 24.6 Å². The minimum Gasteiger partial charge on any atom is -0.313 e. The minimum absolute atomic E-state index is 0.786. The van der Waals surface area contributed by atoms with Crippen LogP contribution in [0.4, 0.5) is 0 Å². The van der Waals surface area contributed by atoms with Crippen molar-refractivity contribution in [1.82, 2.24) is 15.3 Å². The molecule has 0 bridgehead atoms. The molecular weight excluding hydrogens is 246 g/mol. The first-order valence-corrected chi connectivity index (χ1v) is 6.43. The highest BCUT2D eigenvalue weighted by molar-refractivity contribution is 6.31. The summed E-state index contributed by atoms with van der Waals surface area (Å²) in [6.45, 7) is 3.93. The smallest absolute Gasteiger partial charge is 0.115 e. The van der Waals surface area contributed by atoms with Crippen molar-refractivity contribution >= 4 is 11.6 Å². The molecule has 94 valence electrons. The Hall–Kier alpha value is -1.45. The number of hydrogen-bond acceptors (Lipinski definition) is 3. The predicted octanol–water partition coefficient (Wildman–Crippen LogP) is 3.30. The van der Waals surface area contributed by atoms with Gasteiger partial charge in [0.05, 0.1) is 0 Å². The highest BCUT2D eigenvalue weighted by atomic mass is 35.5. The summed E-state index contributed by atoms with van der Waals surface area (Å²) in [7, 11) is 0. The van der Waals surface area contributed by atoms with E-state index in [1.165, 1.54) is 6.33 Å². The molecule has 0 saturated carbocycles. The fourth-order valence-corrected chi connectivity index (χ4v) is 1.92. The molecule has 0 aliphatic heterocycles. The molecule has 18 heavy (non-hydrogen) atoms. The lowest BCUT2D eigenvalue weighted by Crippen LogP contribution is -2.14. The van der Waals surface area contributed by atoms with Crippen LogP contribution in [0.2, 0.25) is 5.02 Å². The molecule has 3 nitrogen and oxygen atoms in total. The van der Waals surface area contributed by atoms with Crippen molar-refractivity contribution in [2.45, 2.75) is 19.9 Å². The zero-order valence-corrected chi connectivity index (χ0v) is 11.1. The van der Waals surface area contributed by atoms with E-state index in [2.05, 4.69) is 28.3 Å². The molecule has 1 aromatic carbocycles. The van der Waals surface area contributed by atoms with E-state index in [0.29, 0.717) is 0 Å². The number of benzene rings is 1. The van der Waals surface area contributed by atoms with Gasteiger partial charge in [0.25, 0.3) is 0 Å². The fourth-order valence-electron chi connectivity index (χ4n) is 1.74. The highest BCUT2D eigenvalue weighted by Gasteiger charge is 2.04. The van der Waals surface area contributed by atoms with E-state index in [1.807, 2.05) is 12.1 Å². The van der Waals surface area contributed by atoms with Crippen LogP contribution in [0.3, 0.4) is 0 Å². The van der Waals surface area contributed by atoms with Crippen LogP contribution < -0.4 is 5.32 Å². The maximum Gasteiger partial charge on any atom is 0.115 e. The largest absolute Gasteiger partial charge is 0.313 e. The van der Waals surface area contributed by atoms with Crippen LogP contribution in [0.15, 0.2) is 36.9 Å². The summed E-state index contributed by atoms with van der Waals surface area (Å²) in [6.07, 6.45) is 6.26. The van der Waals surface area contributed by atoms with E-state index >= 15 is 0 Å². The lowest BCUT2D eigenvalue weighted by Gasteiger charge is -2.08. The number of aromatic nitrogens is 2. The third-order valence-corrected chi connectivity index (χ3v) is 3.05. The molecule has 0 atom stereocenters. The molecule has 0 spiro atoms. The van der Waals surface area contributed by atoms with E-state index in [0.717, 1.165) is 41.2 Å². The molecule has 1 heterocycles. The second kappa shape index (κ2) is 6.47. The van der Waals surface area contributed by atoms with Gasteiger partial charge in [-0.15, -0.1) is 0 Å². The van der Waals surface area contributed by atoms with Crippen molar-refractivity contribution in [2.24, 2.45) is 0 Å². The molecule has 0 radical (unpaired) electrons. The first-order valence-electron chi connectivity index (χ1n) is 6.05. The van der Waals surface area contributed by atoms with E-state index in [9.17, 15) is 0 Å². The van der Waals surface area contributed by atoms with Gasteiger partial charge < -0.3 is 5.32 Å². The van der Waals surface area contributed by atoms with Gasteiger partial charge in [0.2, 0.25) is 0 Å². The Morgan fingerprint density at radius 1 is 1.17 bits per heavy atom. The van der Waals surface area contributed by atoms with Crippen molar-refractivity contribution in [3.63, 3.8) is 0 Å². The number of hydrogen-bond donors (Lipinski definition) is 1. The minimum atomic E-state index is 0.786. The van der Waals surface area contributed by atoms with Crippen LogP contribution in [0.25, 0.3) is 11.1 Å². The van der Waals surface area contributed by atoms with Crippen molar-refractivity contribution in [2.75, 3.05) is 6.54 Å². The molecule has 2 rings (SSSR count). The van der Waals surface area contributed by atoms with Crippen molar-refractivity contribution in [3.8, 4) is 11.1 Å². The van der Waals surface area contributed by atoms with E-state index in [4.69, 9.17) is 11.6 Å². The molecule has 0 aliphatic rings. The summed E-state index contributed by atoms with van der Waals surface area (Å²) >= 11 is 6.19. The number of nitrogens with zero attached hydrogens (tertiary/aromatic N) is 2. The van der Waals surface area contributed by atoms with Crippen molar-refractivity contribution in [3.05, 3.63) is 47.5 Å². The molecule has 2 aromatic rings. The van der Waals surface area contributed by atoms with E-state index in [-0.39, 0.29) is 0 Å². The van der Waals surface area contributed by atoms with Crippen LogP contribution in [0.5, 0.6) is 0 Å². The third kappa shape index (κ3) is 3.28. The normalized spacial score (nSPS) is 10.6. The first-order chi connectivity index (χ1) is 8.81. The molecule has 0 unspecified atom stereocenters. The van der Waals surface area contributed by atoms with Crippen LogP contribution >= 0.6 is 11.6 Å². The van der Waals surface area contributed by atoms with E-state index in [1.54, 1.807) is 12.4 Å². The number of rotatable bonds is 5. The van der Waals surface area contributed by atoms with Gasteiger partial charge in [0.15, 0.2) is 0 Å². The maximum absolute atomic E-state index is 6.19. The first kappa shape index (κ1) is 13.0. The van der Waals surface area contributed by atoms with Crippen LogP contribution in [-0.4, -0.2) is 16.5 Å². The topological polar surface area (TPSA) is 37.8 Å². The number of halogens is 1. The molecular formula is C14H16ClN3. The Morgan fingerprint density at radius 2 is 1.94 bits per heavy atom. The van der Waals surface area contributed by atoms with Gasteiger partial charge >= 0.3 is 0 Å². The van der Waals surface area contributed by atoms with Crippen molar-refractivity contribution in [1.29, 1.82) is 0 Å². The Labute approximate surface area is 112 Å². The molecule has 0 saturated heterocycles. The highest BCUT2D eigenvalue weighted by Crippen LogP contribution is 2.24. The third-order valence-electron chi connectivity index (χ3n) is 2.68. The van der Waals surface area contributed by atoms with Gasteiger partial charge in [-0.05, 0) is 36.2 Å². The second-order valence-corrected chi connectivity index (χ2v) is 4.52. The quantitative estimate of drug-likeness (QED) is 0.840. The van der Waals surface area contributed by atoms with Gasteiger partial charge in [-0.2, -0.15) is 0 Å². The summed E-state index contributed by atoms with van der Waals surface area (Å²) in [5.41, 5.74) is 3.20. The average Bonchev–Trinajstić information content (AvgIpc) is 2.42. The van der Waals surface area contributed by atoms with Gasteiger partial charge in [-0.3, -0.25) is 0 Å². The predicted molar refractivity (Wildman–Crippen MR) is 74.5 cm³/mol. The molecule has 1 aromatic heterocycles. The SMILES string of the molecule is CCCNCc1cc(-c2cncnc2)ccc1Cl. The Bertz CT molecular complexity index is 500. The monoisotopic (exact) mass is 261 g/mol. The lowest BCUT2D eigenvalue weighted by molar-refractivity contribution is 0.676. The Balaban J connectivity index is 2.21. The van der Waals surface area contributed by atoms with Crippen LogP contribution in [0.1, 0.15) is 18.9 Å². The summed E-state index contributed by atoms with van der Waals surface area (Å²) in [6, 6.07) is 6.00. The Kier molecular flexibility index (Phi) is 4.67. The van der Waals surface area contributed by atoms with Crippen LogP contribution in [-0.2, 0) is 6.54 Å². The Morgan fingerprint density at radius 3 is 2.67 bits per heavy atom. The van der Waals surface area contributed by atoms with Gasteiger partial charge in [0, 0.05) is 29.5 Å². The maximum atomic E-state index is 6.19. The van der Waals surface area contributed by atoms with Gasteiger partial charge in [0.1, 0.15) is 6.33 Å². The van der Waals surface area contributed by atoms with Gasteiger partial charge in [-0.25, -0.2) is 9.97 Å². The second-order valence-electron chi connectivity index (χ2n) is 4.11. The molecule has 0 fully saturated rings. The van der Waals surface area contributed by atoms with Crippen LogP contribution in [0, 0.1) is 0 Å².